The quantitative estimate of drug-likeness (QED) is 0.429. The summed E-state index contributed by atoms with van der Waals surface area (Å²) in [6, 6.07) is 11.4. The number of aromatic carboxylic acids is 1. The van der Waals surface area contributed by atoms with E-state index in [0.29, 0.717) is 13.2 Å². The van der Waals surface area contributed by atoms with Gasteiger partial charge in [-0.3, -0.25) is 0 Å². The van der Waals surface area contributed by atoms with E-state index in [1.807, 2.05) is 0 Å². The first-order valence-corrected chi connectivity index (χ1v) is 10.6. The average Bonchev–Trinajstić information content (AvgIpc) is 2.69. The Hall–Kier alpha value is -2.66. The minimum absolute atomic E-state index is 0.0831. The van der Waals surface area contributed by atoms with Crippen LogP contribution in [0, 0.1) is 6.92 Å². The van der Waals surface area contributed by atoms with Gasteiger partial charge in [0.05, 0.1) is 5.56 Å². The van der Waals surface area contributed by atoms with E-state index in [0.717, 1.165) is 35.2 Å². The zero-order valence-corrected chi connectivity index (χ0v) is 18.7. The zero-order valence-electron chi connectivity index (χ0n) is 18.7. The number of carboxylic acid groups (broad SMARTS) is 1. The van der Waals surface area contributed by atoms with Gasteiger partial charge in [0, 0.05) is 11.1 Å². The van der Waals surface area contributed by atoms with E-state index in [1.54, 1.807) is 24.3 Å². The van der Waals surface area contributed by atoms with Crippen LogP contribution in [0.15, 0.2) is 41.6 Å². The van der Waals surface area contributed by atoms with Gasteiger partial charge >= 0.3 is 5.97 Å². The maximum atomic E-state index is 11.2. The van der Waals surface area contributed by atoms with E-state index in [9.17, 15) is 9.90 Å². The predicted molar refractivity (Wildman–Crippen MR) is 119 cm³/mol. The van der Waals surface area contributed by atoms with Gasteiger partial charge in [0.2, 0.25) is 0 Å². The molecule has 0 atom stereocenters. The van der Waals surface area contributed by atoms with Gasteiger partial charge in [-0.15, -0.1) is 0 Å². The molecule has 5 nitrogen and oxygen atoms in total. The number of benzene rings is 2. The summed E-state index contributed by atoms with van der Waals surface area (Å²) in [5, 5.41) is 13.7. The van der Waals surface area contributed by atoms with Crippen LogP contribution in [0.4, 0.5) is 0 Å². The van der Waals surface area contributed by atoms with Crippen molar-refractivity contribution in [2.45, 2.75) is 58.3 Å². The molecule has 0 amide bonds. The van der Waals surface area contributed by atoms with Gasteiger partial charge in [0.1, 0.15) is 12.3 Å². The molecule has 0 heterocycles. The molecule has 1 aliphatic rings. The highest BCUT2D eigenvalue weighted by Gasteiger charge is 2.37. The van der Waals surface area contributed by atoms with Crippen LogP contribution < -0.4 is 5.73 Å². The smallest absolute Gasteiger partial charge is 0.335 e. The van der Waals surface area contributed by atoms with Gasteiger partial charge in [0.25, 0.3) is 0 Å². The Morgan fingerprint density at radius 1 is 1.03 bits per heavy atom. The van der Waals surface area contributed by atoms with Gasteiger partial charge in [-0.05, 0) is 65.5 Å². The highest BCUT2D eigenvalue weighted by Crippen LogP contribution is 2.46. The molecule has 2 aromatic carbocycles. The summed E-state index contributed by atoms with van der Waals surface area (Å²) in [7, 11) is 0. The monoisotopic (exact) mass is 409 g/mol. The van der Waals surface area contributed by atoms with Gasteiger partial charge in [0.15, 0.2) is 6.61 Å². The zero-order chi connectivity index (χ0) is 22.1. The summed E-state index contributed by atoms with van der Waals surface area (Å²) in [6.45, 7) is 12.4. The summed E-state index contributed by atoms with van der Waals surface area (Å²) in [5.74, 6) is -0.942. The highest BCUT2D eigenvalue weighted by atomic mass is 16.6. The third kappa shape index (κ3) is 4.26. The van der Waals surface area contributed by atoms with E-state index in [2.05, 4.69) is 57.6 Å². The van der Waals surface area contributed by atoms with Crippen molar-refractivity contribution < 1.29 is 20.5 Å². The summed E-state index contributed by atoms with van der Waals surface area (Å²) in [4.78, 5) is 16.8. The molecule has 0 bridgehead atoms. The molecule has 4 N–H and O–H groups in total. The van der Waals surface area contributed by atoms with Crippen molar-refractivity contribution >= 4 is 11.7 Å². The molecule has 0 fully saturated rings. The van der Waals surface area contributed by atoms with Crippen LogP contribution in [-0.2, 0) is 15.7 Å². The SMILES string of the molecule is Cc1cc2c(cc1/C(=N/OCC[NH3+])c1ccc(C(=O)O)cc1)C(C)(C)CCC2(C)C. The molecule has 0 saturated carbocycles. The molecule has 2 aromatic rings. The molecule has 0 spiro atoms. The Balaban J connectivity index is 2.16. The fraction of sp³-hybridized carbons (Fsp3) is 0.440. The lowest BCUT2D eigenvalue weighted by molar-refractivity contribution is -0.374. The van der Waals surface area contributed by atoms with Crippen LogP contribution in [0.1, 0.15) is 78.7 Å². The minimum atomic E-state index is -0.942. The molecular formula is C25H33N2O3+. The summed E-state index contributed by atoms with van der Waals surface area (Å²) >= 11 is 0. The van der Waals surface area contributed by atoms with E-state index in [1.165, 1.54) is 11.1 Å². The summed E-state index contributed by atoms with van der Waals surface area (Å²) in [6.07, 6.45) is 2.29. The standard InChI is InChI=1S/C25H32N2O3/c1-16-14-20-21(25(4,5)11-10-24(20,2)3)15-19(16)22(27-30-13-12-26)17-6-8-18(9-7-17)23(28)29/h6-9,14-15H,10-13,26H2,1-5H3,(H,28,29)/p+1/b27-22+. The Labute approximate surface area is 178 Å². The molecule has 160 valence electrons. The number of nitrogens with zero attached hydrogens (tertiary/aromatic N) is 1. The number of carboxylic acids is 1. The fourth-order valence-electron chi connectivity index (χ4n) is 4.18. The van der Waals surface area contributed by atoms with Crippen LogP contribution in [0.2, 0.25) is 0 Å². The molecule has 30 heavy (non-hydrogen) atoms. The van der Waals surface area contributed by atoms with Crippen LogP contribution in [0.25, 0.3) is 0 Å². The van der Waals surface area contributed by atoms with Gasteiger partial charge in [-0.1, -0.05) is 51.0 Å². The second-order valence-corrected chi connectivity index (χ2v) is 9.49. The molecule has 0 unspecified atom stereocenters. The third-order valence-electron chi connectivity index (χ3n) is 6.25. The summed E-state index contributed by atoms with van der Waals surface area (Å²) in [5.41, 5.74) is 10.8. The lowest BCUT2D eigenvalue weighted by atomic mass is 9.62. The molecule has 5 heteroatoms. The number of hydrogen-bond acceptors (Lipinski definition) is 3. The first kappa shape index (κ1) is 22.0. The maximum Gasteiger partial charge on any atom is 0.335 e. The van der Waals surface area contributed by atoms with E-state index in [4.69, 9.17) is 4.84 Å². The number of rotatable bonds is 6. The summed E-state index contributed by atoms with van der Waals surface area (Å²) < 4.78 is 0. The number of carbonyl (C=O) groups is 1. The average molecular weight is 410 g/mol. The fourth-order valence-corrected chi connectivity index (χ4v) is 4.18. The number of quaternary nitrogens is 1. The van der Waals surface area contributed by atoms with Crippen molar-refractivity contribution in [2.24, 2.45) is 5.16 Å². The van der Waals surface area contributed by atoms with Crippen molar-refractivity contribution in [3.05, 3.63) is 69.8 Å². The highest BCUT2D eigenvalue weighted by molar-refractivity contribution is 6.14. The first-order valence-electron chi connectivity index (χ1n) is 10.6. The lowest BCUT2D eigenvalue weighted by Crippen LogP contribution is -2.52. The Kier molecular flexibility index (Phi) is 6.04. The maximum absolute atomic E-state index is 11.2. The normalized spacial score (nSPS) is 17.3. The Bertz CT molecular complexity index is 973. The van der Waals surface area contributed by atoms with Crippen molar-refractivity contribution in [3.8, 4) is 0 Å². The van der Waals surface area contributed by atoms with Crippen LogP contribution in [0.3, 0.4) is 0 Å². The molecule has 3 rings (SSSR count). The van der Waals surface area contributed by atoms with Crippen LogP contribution >= 0.6 is 0 Å². The molecular weight excluding hydrogens is 376 g/mol. The Morgan fingerprint density at radius 3 is 2.10 bits per heavy atom. The minimum Gasteiger partial charge on any atom is -0.478 e. The number of aryl methyl sites for hydroxylation is 1. The number of oxime groups is 1. The molecule has 0 saturated heterocycles. The molecule has 0 aromatic heterocycles. The number of hydrogen-bond donors (Lipinski definition) is 2. The third-order valence-corrected chi connectivity index (χ3v) is 6.25. The van der Waals surface area contributed by atoms with E-state index >= 15 is 0 Å². The second-order valence-electron chi connectivity index (χ2n) is 9.49. The van der Waals surface area contributed by atoms with Gasteiger partial charge in [-0.2, -0.15) is 0 Å². The van der Waals surface area contributed by atoms with Crippen LogP contribution in [0.5, 0.6) is 0 Å². The molecule has 1 aliphatic carbocycles. The van der Waals surface area contributed by atoms with Crippen LogP contribution in [-0.4, -0.2) is 29.9 Å². The molecule has 0 aliphatic heterocycles. The van der Waals surface area contributed by atoms with Crippen molar-refractivity contribution in [3.63, 3.8) is 0 Å². The molecule has 0 radical (unpaired) electrons. The van der Waals surface area contributed by atoms with Crippen molar-refractivity contribution in [1.29, 1.82) is 0 Å². The van der Waals surface area contributed by atoms with Gasteiger partial charge < -0.3 is 15.7 Å². The number of fused-ring (bicyclic) bond motifs is 1. The van der Waals surface area contributed by atoms with Gasteiger partial charge in [-0.25, -0.2) is 4.79 Å². The van der Waals surface area contributed by atoms with E-state index < -0.39 is 5.97 Å². The van der Waals surface area contributed by atoms with Crippen molar-refractivity contribution in [2.75, 3.05) is 13.2 Å². The first-order chi connectivity index (χ1) is 14.1. The largest absolute Gasteiger partial charge is 0.478 e. The van der Waals surface area contributed by atoms with E-state index in [-0.39, 0.29) is 16.4 Å². The lowest BCUT2D eigenvalue weighted by Gasteiger charge is -2.42. The second kappa shape index (κ2) is 8.23. The Morgan fingerprint density at radius 2 is 1.57 bits per heavy atom. The topological polar surface area (TPSA) is 86.5 Å². The van der Waals surface area contributed by atoms with Crippen molar-refractivity contribution in [1.82, 2.24) is 0 Å². The predicted octanol–water partition coefficient (Wildman–Crippen LogP) is 4.05.